The second-order valence-corrected chi connectivity index (χ2v) is 2.88. The number of ether oxygens (including phenoxy) is 1. The Morgan fingerprint density at radius 3 is 3.08 bits per heavy atom. The molecule has 12 heavy (non-hydrogen) atoms. The molecule has 0 spiro atoms. The summed E-state index contributed by atoms with van der Waals surface area (Å²) in [6.45, 7) is 4.06. The van der Waals surface area contributed by atoms with Crippen molar-refractivity contribution in [3.63, 3.8) is 0 Å². The smallest absolute Gasteiger partial charge is 0.408 e. The average molecular weight is 172 g/mol. The molecule has 1 N–H and O–H groups in total. The van der Waals surface area contributed by atoms with E-state index < -0.39 is 0 Å². The van der Waals surface area contributed by atoms with E-state index in [0.717, 1.165) is 25.9 Å². The van der Waals surface area contributed by atoms with Crippen LogP contribution >= 0.6 is 0 Å². The first-order valence-electron chi connectivity index (χ1n) is 4.40. The van der Waals surface area contributed by atoms with Gasteiger partial charge in [-0.25, -0.2) is 4.79 Å². The third kappa shape index (κ3) is 2.11. The van der Waals surface area contributed by atoms with Gasteiger partial charge in [0.15, 0.2) is 6.23 Å². The van der Waals surface area contributed by atoms with Crippen molar-refractivity contribution in [2.75, 3.05) is 20.1 Å². The number of rotatable bonds is 2. The number of amides is 1. The Bertz CT molecular complexity index is 161. The molecular weight excluding hydrogens is 156 g/mol. The van der Waals surface area contributed by atoms with Crippen LogP contribution in [0, 0.1) is 0 Å². The molecule has 4 nitrogen and oxygen atoms in total. The lowest BCUT2D eigenvalue weighted by Crippen LogP contribution is -2.35. The Kier molecular flexibility index (Phi) is 3.34. The molecule has 1 heterocycles. The van der Waals surface area contributed by atoms with E-state index in [0.29, 0.717) is 0 Å². The molecule has 4 heteroatoms. The van der Waals surface area contributed by atoms with Crippen LogP contribution in [0.4, 0.5) is 4.79 Å². The number of carbonyl (C=O) groups excluding carboxylic acids is 1. The number of nitrogens with one attached hydrogen (secondary N) is 1. The average Bonchev–Trinajstić information content (AvgIpc) is 2.51. The largest absolute Gasteiger partial charge is 0.430 e. The Labute approximate surface area is 72.9 Å². The molecular formula is C8H16N2O2. The molecule has 0 radical (unpaired) electrons. The molecule has 0 bridgehead atoms. The molecule has 1 unspecified atom stereocenters. The first-order chi connectivity index (χ1) is 5.77. The van der Waals surface area contributed by atoms with Crippen molar-refractivity contribution in [2.45, 2.75) is 26.0 Å². The predicted molar refractivity (Wildman–Crippen MR) is 45.8 cm³/mol. The number of hydrogen-bond donors (Lipinski definition) is 1. The van der Waals surface area contributed by atoms with Crippen LogP contribution in [0.2, 0.25) is 0 Å². The predicted octanol–water partition coefficient (Wildman–Crippen LogP) is 0.784. The van der Waals surface area contributed by atoms with Gasteiger partial charge in [0.05, 0.1) is 0 Å². The molecule has 1 amide bonds. The van der Waals surface area contributed by atoms with Gasteiger partial charge in [0.25, 0.3) is 0 Å². The van der Waals surface area contributed by atoms with Gasteiger partial charge in [-0.1, -0.05) is 6.92 Å². The van der Waals surface area contributed by atoms with Crippen molar-refractivity contribution in [1.29, 1.82) is 0 Å². The fraction of sp³-hybridized carbons (Fsp3) is 0.875. The van der Waals surface area contributed by atoms with Crippen LogP contribution in [-0.2, 0) is 4.74 Å². The molecule has 1 fully saturated rings. The summed E-state index contributed by atoms with van der Waals surface area (Å²) in [5.74, 6) is 0. The maximum absolute atomic E-state index is 10.9. The highest BCUT2D eigenvalue weighted by Gasteiger charge is 2.25. The van der Waals surface area contributed by atoms with Gasteiger partial charge in [0.1, 0.15) is 0 Å². The van der Waals surface area contributed by atoms with Gasteiger partial charge in [0.2, 0.25) is 0 Å². The minimum atomic E-state index is -0.333. The fourth-order valence-corrected chi connectivity index (χ4v) is 1.47. The molecule has 1 rings (SSSR count). The number of alkyl carbamates (subject to hydrolysis) is 1. The minimum Gasteiger partial charge on any atom is -0.430 e. The van der Waals surface area contributed by atoms with Gasteiger partial charge >= 0.3 is 6.09 Å². The summed E-state index contributed by atoms with van der Waals surface area (Å²) in [6, 6.07) is 0. The van der Waals surface area contributed by atoms with Gasteiger partial charge in [-0.05, 0) is 19.4 Å². The van der Waals surface area contributed by atoms with Crippen molar-refractivity contribution in [3.8, 4) is 0 Å². The molecule has 1 aliphatic heterocycles. The maximum Gasteiger partial charge on any atom is 0.408 e. The molecule has 70 valence electrons. The van der Waals surface area contributed by atoms with Crippen LogP contribution < -0.4 is 5.32 Å². The van der Waals surface area contributed by atoms with Gasteiger partial charge in [0, 0.05) is 13.6 Å². The molecule has 0 aliphatic carbocycles. The number of nitrogens with zero attached hydrogens (tertiary/aromatic N) is 1. The van der Waals surface area contributed by atoms with Gasteiger partial charge in [-0.2, -0.15) is 0 Å². The molecule has 0 aromatic carbocycles. The van der Waals surface area contributed by atoms with Crippen molar-refractivity contribution in [1.82, 2.24) is 10.2 Å². The monoisotopic (exact) mass is 172 g/mol. The fourth-order valence-electron chi connectivity index (χ4n) is 1.47. The van der Waals surface area contributed by atoms with Crippen LogP contribution in [0.15, 0.2) is 0 Å². The highest BCUT2D eigenvalue weighted by Crippen LogP contribution is 2.17. The van der Waals surface area contributed by atoms with Crippen molar-refractivity contribution < 1.29 is 9.53 Å². The van der Waals surface area contributed by atoms with Crippen LogP contribution in [0.5, 0.6) is 0 Å². The van der Waals surface area contributed by atoms with Crippen LogP contribution in [0.3, 0.4) is 0 Å². The lowest BCUT2D eigenvalue weighted by atomic mass is 10.4. The summed E-state index contributed by atoms with van der Waals surface area (Å²) in [5.41, 5.74) is 0. The number of hydrogen-bond acceptors (Lipinski definition) is 3. The highest BCUT2D eigenvalue weighted by atomic mass is 16.6. The third-order valence-corrected chi connectivity index (χ3v) is 2.16. The number of carbonyl (C=O) groups is 1. The summed E-state index contributed by atoms with van der Waals surface area (Å²) >= 11 is 0. The second-order valence-electron chi connectivity index (χ2n) is 2.88. The summed E-state index contributed by atoms with van der Waals surface area (Å²) in [6.07, 6.45) is 1.74. The summed E-state index contributed by atoms with van der Waals surface area (Å²) < 4.78 is 5.14. The Hall–Kier alpha value is -0.770. The molecule has 0 aromatic heterocycles. The quantitative estimate of drug-likeness (QED) is 0.669. The maximum atomic E-state index is 10.9. The minimum absolute atomic E-state index is 0.00468. The lowest BCUT2D eigenvalue weighted by Gasteiger charge is -2.21. The summed E-state index contributed by atoms with van der Waals surface area (Å²) in [7, 11) is 1.58. The zero-order valence-corrected chi connectivity index (χ0v) is 7.67. The van der Waals surface area contributed by atoms with E-state index in [1.54, 1.807) is 7.05 Å². The van der Waals surface area contributed by atoms with E-state index in [2.05, 4.69) is 17.1 Å². The van der Waals surface area contributed by atoms with Crippen LogP contribution in [0.25, 0.3) is 0 Å². The summed E-state index contributed by atoms with van der Waals surface area (Å²) in [4.78, 5) is 13.0. The van der Waals surface area contributed by atoms with Crippen molar-refractivity contribution >= 4 is 6.09 Å². The van der Waals surface area contributed by atoms with Crippen molar-refractivity contribution in [3.05, 3.63) is 0 Å². The first-order valence-corrected chi connectivity index (χ1v) is 4.40. The first kappa shape index (κ1) is 9.32. The zero-order chi connectivity index (χ0) is 8.97. The van der Waals surface area contributed by atoms with Gasteiger partial charge in [-0.3, -0.25) is 4.90 Å². The number of likely N-dealkylation sites (tertiary alicyclic amines) is 1. The second kappa shape index (κ2) is 4.30. The lowest BCUT2D eigenvalue weighted by molar-refractivity contribution is 0.0171. The van der Waals surface area contributed by atoms with E-state index in [4.69, 9.17) is 4.74 Å². The van der Waals surface area contributed by atoms with Crippen LogP contribution in [0.1, 0.15) is 19.8 Å². The zero-order valence-electron chi connectivity index (χ0n) is 7.67. The Morgan fingerprint density at radius 1 is 1.75 bits per heavy atom. The van der Waals surface area contributed by atoms with E-state index >= 15 is 0 Å². The van der Waals surface area contributed by atoms with Crippen LogP contribution in [-0.4, -0.2) is 37.4 Å². The normalized spacial score (nSPS) is 24.0. The van der Waals surface area contributed by atoms with Gasteiger partial charge in [-0.15, -0.1) is 0 Å². The topological polar surface area (TPSA) is 41.6 Å². The third-order valence-electron chi connectivity index (χ3n) is 2.16. The van der Waals surface area contributed by atoms with E-state index in [9.17, 15) is 4.79 Å². The molecule has 0 aromatic rings. The SMILES string of the molecule is CCN1CCCC1OC(=O)NC. The molecule has 1 aliphatic rings. The Morgan fingerprint density at radius 2 is 2.50 bits per heavy atom. The summed E-state index contributed by atoms with van der Waals surface area (Å²) in [5, 5.41) is 2.45. The molecule has 0 saturated carbocycles. The van der Waals surface area contributed by atoms with E-state index in [-0.39, 0.29) is 12.3 Å². The van der Waals surface area contributed by atoms with E-state index in [1.165, 1.54) is 0 Å². The molecule has 1 saturated heterocycles. The van der Waals surface area contributed by atoms with E-state index in [1.807, 2.05) is 0 Å². The van der Waals surface area contributed by atoms with Gasteiger partial charge < -0.3 is 10.1 Å². The molecule has 1 atom stereocenters. The highest BCUT2D eigenvalue weighted by molar-refractivity contribution is 5.66. The standard InChI is InChI=1S/C8H16N2O2/c1-3-10-6-4-5-7(10)12-8(11)9-2/h7H,3-6H2,1-2H3,(H,9,11). The van der Waals surface area contributed by atoms with Crippen molar-refractivity contribution in [2.24, 2.45) is 0 Å². The Balaban J connectivity index is 2.35.